The van der Waals surface area contributed by atoms with E-state index in [1.807, 2.05) is 38.1 Å². The van der Waals surface area contributed by atoms with Crippen LogP contribution in [0.5, 0.6) is 5.75 Å². The maximum Gasteiger partial charge on any atom is 0.337 e. The van der Waals surface area contributed by atoms with Gasteiger partial charge in [-0.3, -0.25) is 9.59 Å². The quantitative estimate of drug-likeness (QED) is 0.568. The summed E-state index contributed by atoms with van der Waals surface area (Å²) in [6, 6.07) is 17.4. The number of esters is 1. The topological polar surface area (TPSA) is 93.7 Å². The Labute approximate surface area is 180 Å². The average Bonchev–Trinajstić information content (AvgIpc) is 2.76. The minimum atomic E-state index is -0.456. The zero-order valence-corrected chi connectivity index (χ0v) is 17.6. The van der Waals surface area contributed by atoms with Gasteiger partial charge in [0, 0.05) is 11.7 Å². The maximum absolute atomic E-state index is 13.0. The molecule has 31 heavy (non-hydrogen) atoms. The van der Waals surface area contributed by atoms with E-state index in [-0.39, 0.29) is 18.6 Å². The molecule has 3 aromatic carbocycles. The molecule has 0 radical (unpaired) electrons. The van der Waals surface area contributed by atoms with Gasteiger partial charge in [0.25, 0.3) is 11.8 Å². The molecule has 0 bridgehead atoms. The van der Waals surface area contributed by atoms with Gasteiger partial charge in [0.1, 0.15) is 5.75 Å². The summed E-state index contributed by atoms with van der Waals surface area (Å²) in [5, 5.41) is 7.31. The number of fused-ring (bicyclic) bond motifs is 1. The normalized spacial score (nSPS) is 10.6. The van der Waals surface area contributed by atoms with E-state index in [1.54, 1.807) is 36.4 Å². The Morgan fingerprint density at radius 3 is 2.19 bits per heavy atom. The third kappa shape index (κ3) is 5.60. The summed E-state index contributed by atoms with van der Waals surface area (Å²) in [6.45, 7) is 3.52. The fourth-order valence-corrected chi connectivity index (χ4v) is 3.03. The van der Waals surface area contributed by atoms with E-state index < -0.39 is 11.9 Å². The fraction of sp³-hybridized carbons (Fsp3) is 0.208. The summed E-state index contributed by atoms with van der Waals surface area (Å²) in [4.78, 5) is 36.6. The zero-order chi connectivity index (χ0) is 22.4. The number of benzene rings is 3. The summed E-state index contributed by atoms with van der Waals surface area (Å²) in [6.07, 6.45) is 0. The lowest BCUT2D eigenvalue weighted by Crippen LogP contribution is -2.34. The molecule has 7 nitrogen and oxygen atoms in total. The molecule has 160 valence electrons. The van der Waals surface area contributed by atoms with Gasteiger partial charge >= 0.3 is 5.97 Å². The fourth-order valence-electron chi connectivity index (χ4n) is 3.03. The van der Waals surface area contributed by atoms with Crippen LogP contribution in [0.1, 0.15) is 34.6 Å². The number of rotatable bonds is 7. The van der Waals surface area contributed by atoms with Crippen molar-refractivity contribution in [1.82, 2.24) is 5.32 Å². The van der Waals surface area contributed by atoms with Crippen LogP contribution in [0.4, 0.5) is 5.69 Å². The number of carbonyl (C=O) groups is 3. The van der Waals surface area contributed by atoms with Crippen molar-refractivity contribution >= 4 is 34.2 Å². The minimum absolute atomic E-state index is 0.0107. The summed E-state index contributed by atoms with van der Waals surface area (Å²) in [7, 11) is 1.31. The number of ether oxygens (including phenoxy) is 2. The first-order chi connectivity index (χ1) is 14.9. The van der Waals surface area contributed by atoms with Crippen LogP contribution < -0.4 is 15.4 Å². The van der Waals surface area contributed by atoms with Gasteiger partial charge in [-0.05, 0) is 61.0 Å². The molecule has 0 spiro atoms. The molecule has 0 unspecified atom stereocenters. The van der Waals surface area contributed by atoms with Gasteiger partial charge in [-0.25, -0.2) is 4.79 Å². The van der Waals surface area contributed by atoms with Crippen molar-refractivity contribution in [2.45, 2.75) is 19.9 Å². The van der Waals surface area contributed by atoms with Crippen LogP contribution in [-0.4, -0.2) is 37.5 Å². The Morgan fingerprint density at radius 2 is 1.58 bits per heavy atom. The smallest absolute Gasteiger partial charge is 0.337 e. The van der Waals surface area contributed by atoms with E-state index >= 15 is 0 Å². The lowest BCUT2D eigenvalue weighted by atomic mass is 10.0. The van der Waals surface area contributed by atoms with Crippen LogP contribution in [-0.2, 0) is 9.53 Å². The zero-order valence-electron chi connectivity index (χ0n) is 17.6. The van der Waals surface area contributed by atoms with Crippen LogP contribution in [0.3, 0.4) is 0 Å². The predicted octanol–water partition coefficient (Wildman–Crippen LogP) is 3.78. The molecule has 2 amide bonds. The number of methoxy groups -OCH3 is 1. The first kappa shape index (κ1) is 21.8. The standard InChI is InChI=1S/C24H24N2O5/c1-15(2)25-22(27)14-31-21-13-18-7-5-4-6-17(18)12-20(21)23(28)26-19-10-8-16(9-11-19)24(29)30-3/h4-13,15H,14H2,1-3H3,(H,25,27)(H,26,28). The Hall–Kier alpha value is -3.87. The molecular weight excluding hydrogens is 396 g/mol. The summed E-state index contributed by atoms with van der Waals surface area (Å²) >= 11 is 0. The summed E-state index contributed by atoms with van der Waals surface area (Å²) in [5.74, 6) is -0.812. The molecule has 2 N–H and O–H groups in total. The average molecular weight is 420 g/mol. The number of hydrogen-bond acceptors (Lipinski definition) is 5. The molecule has 0 aromatic heterocycles. The molecular formula is C24H24N2O5. The molecule has 7 heteroatoms. The van der Waals surface area contributed by atoms with Crippen LogP contribution in [0.2, 0.25) is 0 Å². The number of amides is 2. The lowest BCUT2D eigenvalue weighted by Gasteiger charge is -2.14. The second kappa shape index (κ2) is 9.75. The highest BCUT2D eigenvalue weighted by molar-refractivity contribution is 6.09. The van der Waals surface area contributed by atoms with Gasteiger partial charge in [-0.1, -0.05) is 24.3 Å². The SMILES string of the molecule is COC(=O)c1ccc(NC(=O)c2cc3ccccc3cc2OCC(=O)NC(C)C)cc1. The summed E-state index contributed by atoms with van der Waals surface area (Å²) < 4.78 is 10.4. The molecule has 0 saturated carbocycles. The monoisotopic (exact) mass is 420 g/mol. The van der Waals surface area contributed by atoms with Crippen LogP contribution >= 0.6 is 0 Å². The Morgan fingerprint density at radius 1 is 0.935 bits per heavy atom. The van der Waals surface area contributed by atoms with Crippen LogP contribution in [0.15, 0.2) is 60.7 Å². The molecule has 0 aliphatic heterocycles. The van der Waals surface area contributed by atoms with Crippen molar-refractivity contribution in [2.24, 2.45) is 0 Å². The van der Waals surface area contributed by atoms with Gasteiger partial charge in [0.15, 0.2) is 6.61 Å². The number of carbonyl (C=O) groups excluding carboxylic acids is 3. The maximum atomic E-state index is 13.0. The van der Waals surface area contributed by atoms with Crippen molar-refractivity contribution in [3.63, 3.8) is 0 Å². The Bertz CT molecular complexity index is 1110. The van der Waals surface area contributed by atoms with Gasteiger partial charge < -0.3 is 20.1 Å². The van der Waals surface area contributed by atoms with E-state index in [0.717, 1.165) is 10.8 Å². The van der Waals surface area contributed by atoms with E-state index in [2.05, 4.69) is 15.4 Å². The largest absolute Gasteiger partial charge is 0.483 e. The van der Waals surface area contributed by atoms with Crippen molar-refractivity contribution in [2.75, 3.05) is 19.0 Å². The minimum Gasteiger partial charge on any atom is -0.483 e. The third-order valence-corrected chi connectivity index (χ3v) is 4.46. The molecule has 0 saturated heterocycles. The number of anilines is 1. The van der Waals surface area contributed by atoms with E-state index in [1.165, 1.54) is 7.11 Å². The predicted molar refractivity (Wildman–Crippen MR) is 118 cm³/mol. The van der Waals surface area contributed by atoms with Gasteiger partial charge in [-0.2, -0.15) is 0 Å². The second-order valence-electron chi connectivity index (χ2n) is 7.23. The highest BCUT2D eigenvalue weighted by Gasteiger charge is 2.16. The van der Waals surface area contributed by atoms with E-state index in [0.29, 0.717) is 22.6 Å². The molecule has 0 aliphatic rings. The third-order valence-electron chi connectivity index (χ3n) is 4.46. The number of nitrogens with one attached hydrogen (secondary N) is 2. The summed E-state index contributed by atoms with van der Waals surface area (Å²) in [5.41, 5.74) is 1.19. The Kier molecular flexibility index (Phi) is 6.87. The first-order valence-corrected chi connectivity index (χ1v) is 9.82. The number of hydrogen-bond donors (Lipinski definition) is 2. The highest BCUT2D eigenvalue weighted by Crippen LogP contribution is 2.27. The van der Waals surface area contributed by atoms with Crippen molar-refractivity contribution in [1.29, 1.82) is 0 Å². The van der Waals surface area contributed by atoms with Gasteiger partial charge in [0.05, 0.1) is 18.2 Å². The lowest BCUT2D eigenvalue weighted by molar-refractivity contribution is -0.123. The molecule has 0 atom stereocenters. The van der Waals surface area contributed by atoms with E-state index in [9.17, 15) is 14.4 Å². The molecule has 3 aromatic rings. The molecule has 3 rings (SSSR count). The molecule has 0 fully saturated rings. The van der Waals surface area contributed by atoms with Crippen molar-refractivity contribution in [3.8, 4) is 5.75 Å². The van der Waals surface area contributed by atoms with Crippen LogP contribution in [0, 0.1) is 0 Å². The van der Waals surface area contributed by atoms with Gasteiger partial charge in [0.2, 0.25) is 0 Å². The first-order valence-electron chi connectivity index (χ1n) is 9.82. The van der Waals surface area contributed by atoms with E-state index in [4.69, 9.17) is 4.74 Å². The molecule has 0 aliphatic carbocycles. The van der Waals surface area contributed by atoms with Gasteiger partial charge in [-0.15, -0.1) is 0 Å². The highest BCUT2D eigenvalue weighted by atomic mass is 16.5. The second-order valence-corrected chi connectivity index (χ2v) is 7.23. The Balaban J connectivity index is 1.85. The van der Waals surface area contributed by atoms with Crippen LogP contribution in [0.25, 0.3) is 10.8 Å². The van der Waals surface area contributed by atoms with Crippen molar-refractivity contribution in [3.05, 3.63) is 71.8 Å². The molecule has 0 heterocycles. The van der Waals surface area contributed by atoms with Crippen molar-refractivity contribution < 1.29 is 23.9 Å².